The molecule has 3 amide bonds. The number of hydrogen-bond donors (Lipinski definition) is 2. The number of aromatic amines is 1. The molecule has 2 N–H and O–H groups in total. The van der Waals surface area contributed by atoms with Gasteiger partial charge in [0.05, 0.1) is 18.3 Å². The van der Waals surface area contributed by atoms with Crippen LogP contribution in [0.1, 0.15) is 28.9 Å². The Morgan fingerprint density at radius 3 is 2.96 bits per heavy atom. The number of carbonyl (C=O) groups is 2. The molecule has 7 nitrogen and oxygen atoms in total. The van der Waals surface area contributed by atoms with E-state index in [1.165, 1.54) is 0 Å². The van der Waals surface area contributed by atoms with Crippen molar-refractivity contribution in [1.29, 1.82) is 0 Å². The highest BCUT2D eigenvalue weighted by atomic mass is 16.2. The van der Waals surface area contributed by atoms with Crippen molar-refractivity contribution in [3.63, 3.8) is 0 Å². The summed E-state index contributed by atoms with van der Waals surface area (Å²) in [4.78, 5) is 28.5. The summed E-state index contributed by atoms with van der Waals surface area (Å²) >= 11 is 0. The third-order valence-electron chi connectivity index (χ3n) is 5.17. The molecule has 3 heterocycles. The maximum Gasteiger partial charge on any atom is 0.318 e. The number of likely N-dealkylation sites (tertiary alicyclic amines) is 1. The highest BCUT2D eigenvalue weighted by Gasteiger charge is 2.32. The first-order chi connectivity index (χ1) is 12.6. The first-order valence-electron chi connectivity index (χ1n) is 9.00. The summed E-state index contributed by atoms with van der Waals surface area (Å²) in [6, 6.07) is 9.69. The van der Waals surface area contributed by atoms with Gasteiger partial charge in [-0.2, -0.15) is 5.10 Å². The smallest absolute Gasteiger partial charge is 0.318 e. The van der Waals surface area contributed by atoms with Gasteiger partial charge in [-0.25, -0.2) is 4.79 Å². The van der Waals surface area contributed by atoms with Crippen LogP contribution < -0.4 is 5.32 Å². The van der Waals surface area contributed by atoms with Crippen molar-refractivity contribution in [1.82, 2.24) is 25.3 Å². The Hall–Kier alpha value is -2.83. The van der Waals surface area contributed by atoms with Gasteiger partial charge in [-0.1, -0.05) is 30.3 Å². The number of rotatable bonds is 3. The lowest BCUT2D eigenvalue weighted by molar-refractivity contribution is -0.128. The van der Waals surface area contributed by atoms with Gasteiger partial charge in [0.2, 0.25) is 5.91 Å². The van der Waals surface area contributed by atoms with E-state index in [-0.39, 0.29) is 18.0 Å². The van der Waals surface area contributed by atoms with E-state index in [1.54, 1.807) is 4.90 Å². The largest absolute Gasteiger partial charge is 0.336 e. The van der Waals surface area contributed by atoms with Crippen molar-refractivity contribution in [2.24, 2.45) is 0 Å². The van der Waals surface area contributed by atoms with Crippen molar-refractivity contribution in [2.45, 2.75) is 38.9 Å². The predicted molar refractivity (Wildman–Crippen MR) is 96.2 cm³/mol. The van der Waals surface area contributed by atoms with Crippen molar-refractivity contribution in [2.75, 3.05) is 13.1 Å². The molecule has 136 valence electrons. The van der Waals surface area contributed by atoms with Gasteiger partial charge in [0.15, 0.2) is 0 Å². The molecule has 0 saturated carbocycles. The van der Waals surface area contributed by atoms with E-state index in [0.717, 1.165) is 28.9 Å². The summed E-state index contributed by atoms with van der Waals surface area (Å²) in [7, 11) is 0. The van der Waals surface area contributed by atoms with Gasteiger partial charge in [-0.15, -0.1) is 0 Å². The Morgan fingerprint density at radius 2 is 2.15 bits per heavy atom. The van der Waals surface area contributed by atoms with Crippen LogP contribution in [-0.4, -0.2) is 51.1 Å². The number of urea groups is 1. The summed E-state index contributed by atoms with van der Waals surface area (Å²) < 4.78 is 0. The van der Waals surface area contributed by atoms with Gasteiger partial charge >= 0.3 is 6.03 Å². The quantitative estimate of drug-likeness (QED) is 0.879. The van der Waals surface area contributed by atoms with E-state index in [2.05, 4.69) is 15.5 Å². The van der Waals surface area contributed by atoms with Crippen molar-refractivity contribution in [3.8, 4) is 0 Å². The molecule has 26 heavy (non-hydrogen) atoms. The fraction of sp³-hybridized carbons (Fsp3) is 0.421. The maximum absolute atomic E-state index is 12.6. The number of H-pyrrole nitrogens is 1. The number of benzene rings is 1. The number of hydrogen-bond acceptors (Lipinski definition) is 3. The molecule has 1 fully saturated rings. The molecule has 2 aliphatic heterocycles. The number of nitrogens with zero attached hydrogens (tertiary/aromatic N) is 3. The topological polar surface area (TPSA) is 81.3 Å². The van der Waals surface area contributed by atoms with Crippen LogP contribution in [0.2, 0.25) is 0 Å². The molecule has 2 aliphatic rings. The van der Waals surface area contributed by atoms with Gasteiger partial charge in [-0.3, -0.25) is 9.89 Å². The minimum absolute atomic E-state index is 0.0887. The summed E-state index contributed by atoms with van der Waals surface area (Å²) in [5.41, 5.74) is 4.28. The molecule has 1 aromatic carbocycles. The molecule has 0 spiro atoms. The van der Waals surface area contributed by atoms with E-state index < -0.39 is 0 Å². The summed E-state index contributed by atoms with van der Waals surface area (Å²) in [5, 5.41) is 10.3. The number of aromatic nitrogens is 2. The van der Waals surface area contributed by atoms with Gasteiger partial charge in [0.1, 0.15) is 0 Å². The molecular weight excluding hydrogens is 330 g/mol. The molecule has 1 aromatic heterocycles. The van der Waals surface area contributed by atoms with Crippen LogP contribution in [0.5, 0.6) is 0 Å². The van der Waals surface area contributed by atoms with E-state index in [1.807, 2.05) is 42.2 Å². The molecule has 0 radical (unpaired) electrons. The average molecular weight is 353 g/mol. The second kappa shape index (κ2) is 6.82. The number of nitrogens with one attached hydrogen (secondary N) is 2. The van der Waals surface area contributed by atoms with Crippen LogP contribution in [-0.2, 0) is 24.3 Å². The number of carbonyl (C=O) groups excluding carboxylic acids is 2. The zero-order chi connectivity index (χ0) is 18.1. The monoisotopic (exact) mass is 353 g/mol. The molecule has 7 heteroatoms. The normalized spacial score (nSPS) is 19.6. The first kappa shape index (κ1) is 16.6. The first-order valence-corrected chi connectivity index (χ1v) is 9.00. The van der Waals surface area contributed by atoms with E-state index in [9.17, 15) is 9.59 Å². The highest BCUT2D eigenvalue weighted by Crippen LogP contribution is 2.20. The lowest BCUT2D eigenvalue weighted by Gasteiger charge is -2.28. The minimum Gasteiger partial charge on any atom is -0.336 e. The Kier molecular flexibility index (Phi) is 4.36. The van der Waals surface area contributed by atoms with Crippen molar-refractivity contribution < 1.29 is 9.59 Å². The standard InChI is InChI=1S/C19H23N5O2/c1-13-16-12-23(8-7-17(16)22-21-13)19(26)20-15-9-18(25)24(11-15)10-14-5-3-2-4-6-14/h2-6,15H,7-12H2,1H3,(H,20,26)(H,21,22)/t15-/m1/s1. The molecule has 4 rings (SSSR count). The van der Waals surface area contributed by atoms with Crippen LogP contribution in [0.25, 0.3) is 0 Å². The lowest BCUT2D eigenvalue weighted by atomic mass is 10.1. The molecule has 1 atom stereocenters. The van der Waals surface area contributed by atoms with Gasteiger partial charge in [0.25, 0.3) is 0 Å². The van der Waals surface area contributed by atoms with E-state index in [0.29, 0.717) is 32.6 Å². The third kappa shape index (κ3) is 3.29. The lowest BCUT2D eigenvalue weighted by Crippen LogP contribution is -2.47. The predicted octanol–water partition coefficient (Wildman–Crippen LogP) is 1.59. The van der Waals surface area contributed by atoms with Crippen molar-refractivity contribution >= 4 is 11.9 Å². The Labute approximate surface area is 152 Å². The van der Waals surface area contributed by atoms with E-state index >= 15 is 0 Å². The molecule has 0 unspecified atom stereocenters. The number of aryl methyl sites for hydroxylation is 1. The summed E-state index contributed by atoms with van der Waals surface area (Å²) in [6.45, 7) is 4.34. The summed E-state index contributed by atoms with van der Waals surface area (Å²) in [6.07, 6.45) is 1.12. The second-order valence-corrected chi connectivity index (χ2v) is 7.06. The zero-order valence-corrected chi connectivity index (χ0v) is 14.9. The highest BCUT2D eigenvalue weighted by molar-refractivity contribution is 5.81. The van der Waals surface area contributed by atoms with Crippen LogP contribution in [0.3, 0.4) is 0 Å². The van der Waals surface area contributed by atoms with E-state index in [4.69, 9.17) is 0 Å². The molecular formula is C19H23N5O2. The van der Waals surface area contributed by atoms with Crippen LogP contribution in [0.4, 0.5) is 4.79 Å². The SMILES string of the molecule is Cc1[nH]nc2c1CN(C(=O)N[C@@H]1CC(=O)N(Cc3ccccc3)C1)CC2. The van der Waals surface area contributed by atoms with Gasteiger partial charge in [-0.05, 0) is 12.5 Å². The zero-order valence-electron chi connectivity index (χ0n) is 14.9. The fourth-order valence-electron chi connectivity index (χ4n) is 3.69. The second-order valence-electron chi connectivity index (χ2n) is 7.06. The molecule has 2 aromatic rings. The fourth-order valence-corrected chi connectivity index (χ4v) is 3.69. The third-order valence-corrected chi connectivity index (χ3v) is 5.17. The van der Waals surface area contributed by atoms with Crippen molar-refractivity contribution in [3.05, 3.63) is 52.8 Å². The number of fused-ring (bicyclic) bond motifs is 1. The molecule has 0 aliphatic carbocycles. The maximum atomic E-state index is 12.6. The minimum atomic E-state index is -0.134. The molecule has 1 saturated heterocycles. The molecule has 0 bridgehead atoms. The Bertz CT molecular complexity index is 817. The van der Waals surface area contributed by atoms with Gasteiger partial charge < -0.3 is 15.1 Å². The van der Waals surface area contributed by atoms with Crippen LogP contribution >= 0.6 is 0 Å². The van der Waals surface area contributed by atoms with Gasteiger partial charge in [0, 0.05) is 43.7 Å². The van der Waals surface area contributed by atoms with Crippen LogP contribution in [0.15, 0.2) is 30.3 Å². The Balaban J connectivity index is 1.34. The Morgan fingerprint density at radius 1 is 1.35 bits per heavy atom. The van der Waals surface area contributed by atoms with Crippen LogP contribution in [0, 0.1) is 6.92 Å². The average Bonchev–Trinajstić information content (AvgIpc) is 3.18. The summed E-state index contributed by atoms with van der Waals surface area (Å²) in [5.74, 6) is 0.0887. The number of amides is 3.